The number of H-pyrrole nitrogens is 1. The van der Waals surface area contributed by atoms with Crippen LogP contribution in [0.5, 0.6) is 0 Å². The lowest BCUT2D eigenvalue weighted by Gasteiger charge is -2.30. The van der Waals surface area contributed by atoms with Crippen molar-refractivity contribution >= 4 is 118 Å². The molecule has 0 aliphatic carbocycles. The second kappa shape index (κ2) is 53.4. The van der Waals surface area contributed by atoms with Gasteiger partial charge in [0.1, 0.15) is 84.6 Å². The molecule has 1 aromatic rings. The molecule has 18 atom stereocenters. The van der Waals surface area contributed by atoms with Crippen molar-refractivity contribution in [2.24, 2.45) is 62.9 Å². The molecular formula is C69H118N24O25. The number of carboxylic acids is 2. The Labute approximate surface area is 678 Å². The topological polar surface area (TPSA) is 837 Å². The van der Waals surface area contributed by atoms with Gasteiger partial charge >= 0.3 is 11.9 Å². The quantitative estimate of drug-likeness (QED) is 0.0164. The van der Waals surface area contributed by atoms with E-state index in [-0.39, 0.29) is 69.7 Å². The fourth-order valence-corrected chi connectivity index (χ4v) is 10.9. The summed E-state index contributed by atoms with van der Waals surface area (Å²) in [5, 5.41) is 93.6. The van der Waals surface area contributed by atoms with Crippen molar-refractivity contribution in [3.8, 4) is 0 Å². The zero-order chi connectivity index (χ0) is 90.0. The first-order valence-corrected chi connectivity index (χ1v) is 37.9. The van der Waals surface area contributed by atoms with E-state index in [0.717, 1.165) is 13.8 Å². The number of aliphatic hydroxyl groups excluding tert-OH is 4. The lowest BCUT2D eigenvalue weighted by molar-refractivity contribution is -0.143. The number of carbonyl (C=O) groups excluding carboxylic acids is 17. The number of amides is 17. The van der Waals surface area contributed by atoms with Crippen LogP contribution in [0.15, 0.2) is 17.5 Å². The highest BCUT2D eigenvalue weighted by molar-refractivity contribution is 6.02. The lowest BCUT2D eigenvalue weighted by Crippen LogP contribution is -2.63. The Morgan fingerprint density at radius 1 is 0.424 bits per heavy atom. The number of aliphatic hydroxyl groups is 4. The van der Waals surface area contributed by atoms with Gasteiger partial charge in [0, 0.05) is 37.7 Å². The monoisotopic (exact) mass is 1680 g/mol. The standard InChI is InChI=1S/C69H118N24O25/c1-9-31(5)51(91-55(104)36(71)14-13-21-78-69(75)76)65(114)86-41(23-48(74)100)58(107)85-42(24-49(101)102)60(109)92-52(32(6)10-2)66(115)89-44(27-95)62(111)84-40(22-35-25-77-29-79-35)59(108)93-53(34(8)97)67(116)82-38(16-18-46(72)98)57(106)87-45(28-96)63(112)90-50(30(3)4)64(113)88-43(26-94)61(110)80-33(7)54(103)81-37(15-11-12-20-70)56(105)83-39(68(117)118)17-19-47(73)99/h25,29-34,36-45,50-53,94-97H,9-24,26-28,70-71H2,1-8H3,(H2,72,98)(H2,73,99)(H2,74,100)(H,77,79)(H,80,110)(H,81,103)(H,82,116)(H,83,105)(H,84,111)(H,85,107)(H,86,114)(H,87,106)(H,88,113)(H,89,115)(H,90,112)(H,91,104)(H,92,109)(H,93,108)(H,101,102)(H,117,118)(H4,75,76,78)/t31-,32-,33-,34+,36-,37-,38-,39-,40-,41-,42-,43-,44-,45-,50-,51-,52-,53-/m0/s1. The van der Waals surface area contributed by atoms with Gasteiger partial charge in [-0.3, -0.25) is 91.3 Å². The Kier molecular flexibility index (Phi) is 47.2. The number of unbranched alkanes of at least 4 members (excludes halogenated alkanes) is 1. The molecule has 17 amide bonds. The Bertz CT molecular complexity index is 3620. The van der Waals surface area contributed by atoms with Gasteiger partial charge in [-0.1, -0.05) is 54.4 Å². The summed E-state index contributed by atoms with van der Waals surface area (Å²) in [4.78, 5) is 264. The Hall–Kier alpha value is -11.8. The van der Waals surface area contributed by atoms with E-state index in [1.165, 1.54) is 33.3 Å². The van der Waals surface area contributed by atoms with Crippen molar-refractivity contribution in [3.63, 3.8) is 0 Å². The summed E-state index contributed by atoms with van der Waals surface area (Å²) < 4.78 is 0. The number of imidazole rings is 1. The van der Waals surface area contributed by atoms with Crippen LogP contribution in [0.25, 0.3) is 0 Å². The Morgan fingerprint density at radius 3 is 1.26 bits per heavy atom. The van der Waals surface area contributed by atoms with Crippen molar-refractivity contribution in [3.05, 3.63) is 18.2 Å². The van der Waals surface area contributed by atoms with Gasteiger partial charge in [0.25, 0.3) is 0 Å². The van der Waals surface area contributed by atoms with Crippen LogP contribution in [-0.2, 0) is 97.5 Å². The first kappa shape index (κ1) is 104. The normalized spacial score (nSPS) is 15.7. The van der Waals surface area contributed by atoms with Crippen LogP contribution in [0, 0.1) is 17.8 Å². The molecule has 0 aliphatic rings. The van der Waals surface area contributed by atoms with Gasteiger partial charge in [-0.05, 0) is 83.1 Å². The number of carboxylic acid groups (broad SMARTS) is 2. The number of aromatic nitrogens is 2. The zero-order valence-electron chi connectivity index (χ0n) is 66.9. The average Bonchev–Trinajstić information content (AvgIpc) is 0.988. The smallest absolute Gasteiger partial charge is 0.326 e. The summed E-state index contributed by atoms with van der Waals surface area (Å²) in [6.07, 6.45) is -2.98. The summed E-state index contributed by atoms with van der Waals surface area (Å²) >= 11 is 0. The molecular weight excluding hydrogens is 1560 g/mol. The largest absolute Gasteiger partial charge is 0.481 e. The van der Waals surface area contributed by atoms with Crippen LogP contribution in [-0.4, -0.2) is 289 Å². The third kappa shape index (κ3) is 37.8. The molecule has 0 aliphatic heterocycles. The van der Waals surface area contributed by atoms with Crippen molar-refractivity contribution < 1.29 is 122 Å². The molecule has 664 valence electrons. The molecule has 118 heavy (non-hydrogen) atoms. The third-order valence-corrected chi connectivity index (χ3v) is 18.2. The highest BCUT2D eigenvalue weighted by atomic mass is 16.4. The van der Waals surface area contributed by atoms with Crippen LogP contribution < -0.4 is 115 Å². The molecule has 49 nitrogen and oxygen atoms in total. The first-order valence-electron chi connectivity index (χ1n) is 37.9. The van der Waals surface area contributed by atoms with Crippen LogP contribution in [0.4, 0.5) is 0 Å². The number of primary amides is 3. The maximum Gasteiger partial charge on any atom is 0.326 e. The summed E-state index contributed by atoms with van der Waals surface area (Å²) in [6, 6.07) is -26.1. The van der Waals surface area contributed by atoms with E-state index in [4.69, 9.17) is 40.1 Å². The van der Waals surface area contributed by atoms with Gasteiger partial charge in [0.2, 0.25) is 100 Å². The number of aliphatic imine (C=N–C) groups is 1. The molecule has 0 unspecified atom stereocenters. The van der Waals surface area contributed by atoms with Crippen LogP contribution >= 0.6 is 0 Å². The molecule has 0 bridgehead atoms. The van der Waals surface area contributed by atoms with Gasteiger partial charge < -0.3 is 150 Å². The molecule has 0 saturated heterocycles. The van der Waals surface area contributed by atoms with E-state index in [1.807, 2.05) is 0 Å². The van der Waals surface area contributed by atoms with E-state index in [1.54, 1.807) is 20.8 Å². The van der Waals surface area contributed by atoms with Crippen molar-refractivity contribution in [2.75, 3.05) is 32.9 Å². The number of carbonyl (C=O) groups is 19. The third-order valence-electron chi connectivity index (χ3n) is 18.2. The van der Waals surface area contributed by atoms with E-state index in [9.17, 15) is 122 Å². The lowest BCUT2D eigenvalue weighted by atomic mass is 9.96. The molecule has 1 rings (SSSR count). The minimum Gasteiger partial charge on any atom is -0.481 e. The molecule has 1 heterocycles. The summed E-state index contributed by atoms with van der Waals surface area (Å²) in [7, 11) is 0. The number of guanidine groups is 1. The number of aromatic amines is 1. The maximum absolute atomic E-state index is 14.4. The van der Waals surface area contributed by atoms with E-state index in [0.29, 0.717) is 6.42 Å². The highest BCUT2D eigenvalue weighted by Gasteiger charge is 2.41. The number of hydrogen-bond donors (Lipinski definition) is 28. The van der Waals surface area contributed by atoms with E-state index < -0.39 is 285 Å². The number of nitrogens with one attached hydrogen (secondary N) is 15. The van der Waals surface area contributed by atoms with Crippen LogP contribution in [0.3, 0.4) is 0 Å². The SMILES string of the molecule is CC[C@H](C)[C@H](NC(=O)[C@H](CC(=O)O)NC(=O)[C@H](CC(N)=O)NC(=O)[C@@H](NC(=O)[C@@H](N)CCCN=C(N)N)[C@@H](C)CC)C(=O)N[C@@H](CO)C(=O)N[C@@H](Cc1cnc[nH]1)C(=O)N[C@H](C(=O)N[C@@H](CCC(N)=O)C(=O)N[C@@H](CO)C(=O)N[C@H](C(=O)N[C@@H](CO)C(=O)N[C@@H](C)C(=O)N[C@@H](CCCCN)C(=O)N[C@@H](CCC(N)=O)C(=O)O)C(C)C)[C@@H](C)O. The Morgan fingerprint density at radius 2 is 0.805 bits per heavy atom. The van der Waals surface area contributed by atoms with Crippen molar-refractivity contribution in [1.82, 2.24) is 84.4 Å². The first-order chi connectivity index (χ1) is 55.3. The maximum atomic E-state index is 14.4. The molecule has 0 fully saturated rings. The van der Waals surface area contributed by atoms with Crippen LogP contribution in [0.1, 0.15) is 145 Å². The molecule has 0 aromatic carbocycles. The average molecular weight is 1680 g/mol. The second-order valence-corrected chi connectivity index (χ2v) is 28.3. The minimum absolute atomic E-state index is 0.0610. The van der Waals surface area contributed by atoms with Crippen molar-refractivity contribution in [1.29, 1.82) is 0 Å². The number of aliphatic carboxylic acids is 2. The number of nitrogens with zero attached hydrogens (tertiary/aromatic N) is 2. The van der Waals surface area contributed by atoms with E-state index >= 15 is 0 Å². The predicted molar refractivity (Wildman–Crippen MR) is 413 cm³/mol. The predicted octanol–water partition coefficient (Wildman–Crippen LogP) is -12.7. The van der Waals surface area contributed by atoms with Gasteiger partial charge in [0.15, 0.2) is 5.96 Å². The fraction of sp³-hybridized carbons (Fsp3) is 0.667. The number of hydrogen-bond acceptors (Lipinski definition) is 27. The molecule has 49 heteroatoms. The molecule has 0 saturated carbocycles. The van der Waals surface area contributed by atoms with E-state index in [2.05, 4.69) is 89.4 Å². The summed E-state index contributed by atoms with van der Waals surface area (Å²) in [6.45, 7) is 7.97. The van der Waals surface area contributed by atoms with Gasteiger partial charge in [-0.2, -0.15) is 0 Å². The van der Waals surface area contributed by atoms with Crippen molar-refractivity contribution in [2.45, 2.75) is 242 Å². The molecule has 0 spiro atoms. The molecule has 35 N–H and O–H groups in total. The van der Waals surface area contributed by atoms with Gasteiger partial charge in [0.05, 0.1) is 51.1 Å². The Balaban J connectivity index is 3.49. The molecule has 1 aromatic heterocycles. The zero-order valence-corrected chi connectivity index (χ0v) is 66.9. The van der Waals surface area contributed by atoms with Gasteiger partial charge in [-0.15, -0.1) is 0 Å². The highest BCUT2D eigenvalue weighted by Crippen LogP contribution is 2.15. The van der Waals surface area contributed by atoms with Gasteiger partial charge in [-0.25, -0.2) is 9.78 Å². The van der Waals surface area contributed by atoms with Crippen LogP contribution in [0.2, 0.25) is 0 Å². The fourth-order valence-electron chi connectivity index (χ4n) is 10.9. The second-order valence-electron chi connectivity index (χ2n) is 28.3. The number of nitrogens with two attached hydrogens (primary N) is 7. The minimum atomic E-state index is -2.09. The summed E-state index contributed by atoms with van der Waals surface area (Å²) in [5.41, 5.74) is 38.4. The summed E-state index contributed by atoms with van der Waals surface area (Å²) in [5.74, 6) is -25.4. The number of rotatable bonds is 58. The molecule has 0 radical (unpaired) electrons.